The molecule has 2 fully saturated rings. The zero-order valence-electron chi connectivity index (χ0n) is 11.2. The average Bonchev–Trinajstić information content (AvgIpc) is 2.81. The van der Waals surface area contributed by atoms with Crippen LogP contribution in [0.4, 0.5) is 5.82 Å². The molecule has 3 heteroatoms. The molecular formula is C15H23N3. The summed E-state index contributed by atoms with van der Waals surface area (Å²) >= 11 is 0. The van der Waals surface area contributed by atoms with Crippen molar-refractivity contribution in [2.75, 3.05) is 11.4 Å². The molecule has 2 unspecified atom stereocenters. The summed E-state index contributed by atoms with van der Waals surface area (Å²) in [6, 6.07) is 5.01. The second-order valence-corrected chi connectivity index (χ2v) is 5.77. The minimum atomic E-state index is 0.609. The van der Waals surface area contributed by atoms with Crippen molar-refractivity contribution in [1.82, 2.24) is 4.98 Å². The van der Waals surface area contributed by atoms with E-state index in [2.05, 4.69) is 24.0 Å². The third-order valence-electron chi connectivity index (χ3n) is 4.54. The van der Waals surface area contributed by atoms with Crippen LogP contribution in [0.15, 0.2) is 12.1 Å². The van der Waals surface area contributed by atoms with Gasteiger partial charge in [0.15, 0.2) is 0 Å². The maximum Gasteiger partial charge on any atom is 0.129 e. The number of anilines is 1. The van der Waals surface area contributed by atoms with E-state index in [0.717, 1.165) is 23.5 Å². The van der Waals surface area contributed by atoms with Crippen LogP contribution in [0.2, 0.25) is 0 Å². The lowest BCUT2D eigenvalue weighted by Crippen LogP contribution is -2.35. The lowest BCUT2D eigenvalue weighted by Gasteiger charge is -2.32. The zero-order valence-corrected chi connectivity index (χ0v) is 11.2. The van der Waals surface area contributed by atoms with E-state index in [1.165, 1.54) is 44.2 Å². The molecule has 2 N–H and O–H groups in total. The van der Waals surface area contributed by atoms with Crippen LogP contribution in [-0.4, -0.2) is 17.6 Å². The minimum Gasteiger partial charge on any atom is -0.353 e. The van der Waals surface area contributed by atoms with Gasteiger partial charge in [-0.15, -0.1) is 0 Å². The van der Waals surface area contributed by atoms with Gasteiger partial charge in [-0.1, -0.05) is 12.8 Å². The van der Waals surface area contributed by atoms with Crippen LogP contribution in [0.1, 0.15) is 43.4 Å². The molecule has 2 atom stereocenters. The summed E-state index contributed by atoms with van der Waals surface area (Å²) in [6.45, 7) is 3.85. The van der Waals surface area contributed by atoms with Gasteiger partial charge in [0.1, 0.15) is 5.82 Å². The Hall–Kier alpha value is -1.09. The summed E-state index contributed by atoms with van der Waals surface area (Å²) in [5.41, 5.74) is 8.07. The zero-order chi connectivity index (χ0) is 12.5. The minimum absolute atomic E-state index is 0.609. The maximum absolute atomic E-state index is 5.77. The predicted octanol–water partition coefficient (Wildman–Crippen LogP) is 2.62. The van der Waals surface area contributed by atoms with E-state index in [4.69, 9.17) is 10.7 Å². The Morgan fingerprint density at radius 1 is 1.28 bits per heavy atom. The normalized spacial score (nSPS) is 27.3. The van der Waals surface area contributed by atoms with E-state index in [0.29, 0.717) is 6.54 Å². The number of aryl methyl sites for hydroxylation is 1. The van der Waals surface area contributed by atoms with Crippen LogP contribution < -0.4 is 10.6 Å². The van der Waals surface area contributed by atoms with Crippen molar-refractivity contribution in [2.24, 2.45) is 11.7 Å². The van der Waals surface area contributed by atoms with Gasteiger partial charge >= 0.3 is 0 Å². The van der Waals surface area contributed by atoms with Crippen molar-refractivity contribution < 1.29 is 0 Å². The molecule has 18 heavy (non-hydrogen) atoms. The quantitative estimate of drug-likeness (QED) is 0.871. The fourth-order valence-corrected chi connectivity index (χ4v) is 3.68. The molecule has 1 aromatic rings. The van der Waals surface area contributed by atoms with Crippen molar-refractivity contribution in [3.8, 4) is 0 Å². The van der Waals surface area contributed by atoms with Gasteiger partial charge < -0.3 is 10.6 Å². The number of nitrogens with two attached hydrogens (primary N) is 1. The van der Waals surface area contributed by atoms with Crippen LogP contribution in [0, 0.1) is 12.8 Å². The summed E-state index contributed by atoms with van der Waals surface area (Å²) in [6.07, 6.45) is 6.91. The first kappa shape index (κ1) is 12.0. The van der Waals surface area contributed by atoms with Gasteiger partial charge in [-0.3, -0.25) is 0 Å². The smallest absolute Gasteiger partial charge is 0.129 e. The highest BCUT2D eigenvalue weighted by Crippen LogP contribution is 2.38. The first-order chi connectivity index (χ1) is 8.78. The summed E-state index contributed by atoms with van der Waals surface area (Å²) in [7, 11) is 0. The third kappa shape index (κ3) is 2.12. The summed E-state index contributed by atoms with van der Waals surface area (Å²) in [4.78, 5) is 7.26. The molecule has 0 amide bonds. The van der Waals surface area contributed by atoms with Gasteiger partial charge in [0.2, 0.25) is 0 Å². The van der Waals surface area contributed by atoms with E-state index in [1.807, 2.05) is 0 Å². The molecule has 0 aromatic carbocycles. The number of rotatable bonds is 2. The second kappa shape index (κ2) is 4.88. The standard InChI is InChI=1S/C15H23N3/c1-11-8-12(10-16)9-15(17-11)18-7-6-13-4-2-3-5-14(13)18/h8-9,13-14H,2-7,10,16H2,1H3. The van der Waals surface area contributed by atoms with E-state index in [9.17, 15) is 0 Å². The van der Waals surface area contributed by atoms with Crippen molar-refractivity contribution in [3.63, 3.8) is 0 Å². The van der Waals surface area contributed by atoms with Crippen molar-refractivity contribution in [2.45, 2.75) is 51.6 Å². The van der Waals surface area contributed by atoms with Gasteiger partial charge in [0, 0.05) is 24.8 Å². The SMILES string of the molecule is Cc1cc(CN)cc(N2CCC3CCCCC32)n1. The number of hydrogen-bond donors (Lipinski definition) is 1. The third-order valence-corrected chi connectivity index (χ3v) is 4.54. The molecule has 98 valence electrons. The van der Waals surface area contributed by atoms with Gasteiger partial charge in [0.25, 0.3) is 0 Å². The lowest BCUT2D eigenvalue weighted by molar-refractivity contribution is 0.341. The van der Waals surface area contributed by atoms with Gasteiger partial charge in [-0.2, -0.15) is 0 Å². The highest BCUT2D eigenvalue weighted by molar-refractivity contribution is 5.45. The van der Waals surface area contributed by atoms with Crippen LogP contribution in [-0.2, 0) is 6.54 Å². The summed E-state index contributed by atoms with van der Waals surface area (Å²) in [5, 5.41) is 0. The largest absolute Gasteiger partial charge is 0.353 e. The molecule has 1 aliphatic heterocycles. The molecule has 1 saturated heterocycles. The Kier molecular flexibility index (Phi) is 3.25. The average molecular weight is 245 g/mol. The van der Waals surface area contributed by atoms with E-state index in [1.54, 1.807) is 0 Å². The number of fused-ring (bicyclic) bond motifs is 1. The monoisotopic (exact) mass is 245 g/mol. The number of aromatic nitrogens is 1. The second-order valence-electron chi connectivity index (χ2n) is 5.77. The van der Waals surface area contributed by atoms with Crippen LogP contribution in [0.25, 0.3) is 0 Å². The number of hydrogen-bond acceptors (Lipinski definition) is 3. The molecule has 2 heterocycles. The van der Waals surface area contributed by atoms with E-state index >= 15 is 0 Å². The Bertz CT molecular complexity index is 430. The Morgan fingerprint density at radius 3 is 2.94 bits per heavy atom. The molecule has 0 spiro atoms. The Morgan fingerprint density at radius 2 is 2.11 bits per heavy atom. The fraction of sp³-hybridized carbons (Fsp3) is 0.667. The molecule has 1 saturated carbocycles. The molecule has 3 nitrogen and oxygen atoms in total. The van der Waals surface area contributed by atoms with E-state index in [-0.39, 0.29) is 0 Å². The topological polar surface area (TPSA) is 42.1 Å². The maximum atomic E-state index is 5.77. The molecule has 1 aromatic heterocycles. The first-order valence-corrected chi connectivity index (χ1v) is 7.22. The molecule has 3 rings (SSSR count). The van der Waals surface area contributed by atoms with Crippen LogP contribution in [0.5, 0.6) is 0 Å². The lowest BCUT2D eigenvalue weighted by atomic mass is 9.85. The Labute approximate surface area is 109 Å². The first-order valence-electron chi connectivity index (χ1n) is 7.22. The Balaban J connectivity index is 1.88. The van der Waals surface area contributed by atoms with Gasteiger partial charge in [-0.05, 0) is 49.8 Å². The van der Waals surface area contributed by atoms with Crippen molar-refractivity contribution in [1.29, 1.82) is 0 Å². The van der Waals surface area contributed by atoms with Crippen molar-refractivity contribution in [3.05, 3.63) is 23.4 Å². The van der Waals surface area contributed by atoms with E-state index < -0.39 is 0 Å². The highest BCUT2D eigenvalue weighted by atomic mass is 15.2. The van der Waals surface area contributed by atoms with Gasteiger partial charge in [0.05, 0.1) is 0 Å². The summed E-state index contributed by atoms with van der Waals surface area (Å²) < 4.78 is 0. The fourth-order valence-electron chi connectivity index (χ4n) is 3.68. The van der Waals surface area contributed by atoms with Crippen LogP contribution >= 0.6 is 0 Å². The molecule has 1 aliphatic carbocycles. The number of nitrogens with zero attached hydrogens (tertiary/aromatic N) is 2. The van der Waals surface area contributed by atoms with Crippen LogP contribution in [0.3, 0.4) is 0 Å². The molecule has 2 aliphatic rings. The highest BCUT2D eigenvalue weighted by Gasteiger charge is 2.36. The van der Waals surface area contributed by atoms with Gasteiger partial charge in [-0.25, -0.2) is 4.98 Å². The molecule has 0 radical (unpaired) electrons. The molecular weight excluding hydrogens is 222 g/mol. The number of pyridine rings is 1. The predicted molar refractivity (Wildman–Crippen MR) is 74.6 cm³/mol. The molecule has 0 bridgehead atoms. The van der Waals surface area contributed by atoms with Crippen molar-refractivity contribution >= 4 is 5.82 Å². The summed E-state index contributed by atoms with van der Waals surface area (Å²) in [5.74, 6) is 2.06.